The summed E-state index contributed by atoms with van der Waals surface area (Å²) in [6.07, 6.45) is 1.56. The molecule has 29 heavy (non-hydrogen) atoms. The second-order valence-electron chi connectivity index (χ2n) is 7.73. The number of nitrogens with zero attached hydrogens (tertiary/aromatic N) is 4. The average Bonchev–Trinajstić information content (AvgIpc) is 3.03. The van der Waals surface area contributed by atoms with E-state index in [0.29, 0.717) is 29.6 Å². The first-order valence-corrected chi connectivity index (χ1v) is 11.7. The van der Waals surface area contributed by atoms with Crippen LogP contribution in [-0.4, -0.2) is 43.8 Å². The van der Waals surface area contributed by atoms with E-state index in [1.54, 1.807) is 10.9 Å². The quantitative estimate of drug-likeness (QED) is 0.595. The van der Waals surface area contributed by atoms with E-state index in [9.17, 15) is 22.8 Å². The van der Waals surface area contributed by atoms with Crippen molar-refractivity contribution in [2.24, 2.45) is 0 Å². The van der Waals surface area contributed by atoms with Crippen molar-refractivity contribution in [3.8, 4) is 17.0 Å². The first-order chi connectivity index (χ1) is 13.5. The largest absolute Gasteiger partial charge is 0.507 e. The van der Waals surface area contributed by atoms with Crippen LogP contribution in [0.3, 0.4) is 0 Å². The van der Waals surface area contributed by atoms with E-state index in [1.165, 1.54) is 13.1 Å². The minimum atomic E-state index is -4.54. The molecule has 0 atom stereocenters. The summed E-state index contributed by atoms with van der Waals surface area (Å²) in [4.78, 5) is 8.73. The van der Waals surface area contributed by atoms with Crippen LogP contribution in [0, 0.1) is 6.92 Å². The number of aromatic nitrogens is 4. The van der Waals surface area contributed by atoms with Gasteiger partial charge in [0.1, 0.15) is 11.3 Å². The fourth-order valence-electron chi connectivity index (χ4n) is 3.75. The lowest BCUT2D eigenvalue weighted by molar-refractivity contribution is -0.137. The van der Waals surface area contributed by atoms with E-state index < -0.39 is 24.6 Å². The fourth-order valence-corrected chi connectivity index (χ4v) is 5.67. The van der Waals surface area contributed by atoms with Crippen LogP contribution in [0.15, 0.2) is 24.5 Å². The molecule has 0 bridgehead atoms. The Morgan fingerprint density at radius 2 is 1.93 bits per heavy atom. The molecule has 1 fully saturated rings. The molecule has 6 nitrogen and oxygen atoms in total. The Balaban J connectivity index is 1.69. The van der Waals surface area contributed by atoms with E-state index in [0.717, 1.165) is 18.9 Å². The van der Waals surface area contributed by atoms with Gasteiger partial charge in [-0.25, -0.2) is 9.97 Å². The highest BCUT2D eigenvalue weighted by Gasteiger charge is 2.32. The number of rotatable bonds is 2. The number of fused-ring (bicyclic) bond motifs is 1. The maximum absolute atomic E-state index is 12.9. The third kappa shape index (κ3) is 3.88. The maximum Gasteiger partial charge on any atom is 0.416 e. The van der Waals surface area contributed by atoms with Gasteiger partial charge in [0.05, 0.1) is 36.8 Å². The number of hydrogen-bond acceptors (Lipinski definition) is 5. The number of alkyl halides is 3. The summed E-state index contributed by atoms with van der Waals surface area (Å²) < 4.78 is 52.8. The molecule has 3 aromatic rings. The third-order valence-corrected chi connectivity index (χ3v) is 7.80. The molecule has 10 heteroatoms. The number of benzene rings is 1. The second kappa shape index (κ2) is 6.83. The number of hydrogen-bond donors (Lipinski definition) is 1. The molecule has 0 saturated carbocycles. The first kappa shape index (κ1) is 19.9. The molecule has 0 amide bonds. The summed E-state index contributed by atoms with van der Waals surface area (Å²) in [6.45, 7) is 3.32. The molecule has 0 radical (unpaired) electrons. The van der Waals surface area contributed by atoms with E-state index in [2.05, 4.69) is 15.1 Å². The van der Waals surface area contributed by atoms with Gasteiger partial charge in [0.15, 0.2) is 5.65 Å². The normalized spacial score (nSPS) is 22.9. The SMILES string of the molecule is Cc1cc(C(F)(F)F)cc(O)c1-c1cnc2cn(C3CCP(C)(=O)CC3)nc2n1. The monoisotopic (exact) mass is 424 g/mol. The van der Waals surface area contributed by atoms with Crippen LogP contribution in [0.25, 0.3) is 22.4 Å². The highest BCUT2D eigenvalue weighted by Crippen LogP contribution is 2.49. The van der Waals surface area contributed by atoms with Gasteiger partial charge in [-0.1, -0.05) is 0 Å². The summed E-state index contributed by atoms with van der Waals surface area (Å²) in [5.41, 5.74) is 0.700. The highest BCUT2D eigenvalue weighted by atomic mass is 31.2. The van der Waals surface area contributed by atoms with Crippen molar-refractivity contribution in [3.05, 3.63) is 35.7 Å². The van der Waals surface area contributed by atoms with E-state index >= 15 is 0 Å². The molecular formula is C19H20F3N4O2P. The molecule has 1 N–H and O–H groups in total. The second-order valence-corrected chi connectivity index (χ2v) is 11.2. The fraction of sp³-hybridized carbons (Fsp3) is 0.421. The van der Waals surface area contributed by atoms with Crippen LogP contribution in [0.2, 0.25) is 0 Å². The number of phenols is 1. The topological polar surface area (TPSA) is 80.9 Å². The Labute approximate surface area is 165 Å². The number of aromatic hydroxyl groups is 1. The van der Waals surface area contributed by atoms with Crippen LogP contribution >= 0.6 is 7.14 Å². The minimum Gasteiger partial charge on any atom is -0.507 e. The van der Waals surface area contributed by atoms with E-state index in [-0.39, 0.29) is 22.9 Å². The van der Waals surface area contributed by atoms with Crippen LogP contribution in [0.1, 0.15) is 30.0 Å². The van der Waals surface area contributed by atoms with Gasteiger partial charge in [-0.2, -0.15) is 18.3 Å². The predicted octanol–water partition coefficient (Wildman–Crippen LogP) is 4.85. The molecule has 2 aromatic heterocycles. The van der Waals surface area contributed by atoms with Crippen molar-refractivity contribution in [1.82, 2.24) is 19.7 Å². The van der Waals surface area contributed by atoms with Gasteiger partial charge in [0.2, 0.25) is 0 Å². The third-order valence-electron chi connectivity index (χ3n) is 5.39. The Kier molecular flexibility index (Phi) is 4.69. The Hall–Kier alpha value is -2.41. The van der Waals surface area contributed by atoms with E-state index in [4.69, 9.17) is 0 Å². The molecule has 1 aliphatic rings. The molecule has 1 saturated heterocycles. The van der Waals surface area contributed by atoms with Gasteiger partial charge in [0, 0.05) is 17.9 Å². The minimum absolute atomic E-state index is 0.123. The lowest BCUT2D eigenvalue weighted by Crippen LogP contribution is -2.18. The summed E-state index contributed by atoms with van der Waals surface area (Å²) in [5, 5.41) is 14.7. The first-order valence-electron chi connectivity index (χ1n) is 9.22. The molecule has 1 aromatic carbocycles. The van der Waals surface area contributed by atoms with Crippen LogP contribution in [0.4, 0.5) is 13.2 Å². The number of phenolic OH excluding ortho intramolecular Hbond substituents is 1. The zero-order chi connectivity index (χ0) is 21.0. The van der Waals surface area contributed by atoms with Crippen molar-refractivity contribution in [2.75, 3.05) is 19.0 Å². The molecule has 154 valence electrons. The van der Waals surface area contributed by atoms with Crippen molar-refractivity contribution < 1.29 is 22.8 Å². The molecule has 0 spiro atoms. The molecule has 3 heterocycles. The van der Waals surface area contributed by atoms with Crippen LogP contribution in [-0.2, 0) is 10.7 Å². The molecule has 4 rings (SSSR count). The van der Waals surface area contributed by atoms with E-state index in [1.807, 2.05) is 6.66 Å². The maximum atomic E-state index is 12.9. The predicted molar refractivity (Wildman–Crippen MR) is 104 cm³/mol. The van der Waals surface area contributed by atoms with Gasteiger partial charge in [-0.15, -0.1) is 0 Å². The Morgan fingerprint density at radius 3 is 2.55 bits per heavy atom. The van der Waals surface area contributed by atoms with Crippen molar-refractivity contribution >= 4 is 18.3 Å². The van der Waals surface area contributed by atoms with Crippen molar-refractivity contribution in [3.63, 3.8) is 0 Å². The summed E-state index contributed by atoms with van der Waals surface area (Å²) in [7, 11) is -2.03. The van der Waals surface area contributed by atoms with Crippen LogP contribution in [0.5, 0.6) is 5.75 Å². The number of halogens is 3. The Bertz CT molecular complexity index is 1110. The summed E-state index contributed by atoms with van der Waals surface area (Å²) in [5.74, 6) is -0.503. The van der Waals surface area contributed by atoms with Gasteiger partial charge < -0.3 is 9.67 Å². The molecule has 1 aliphatic heterocycles. The standard InChI is InChI=1S/C19H20F3N4O2P/c1-11-7-12(19(20,21)22)8-16(27)17(11)14-9-23-15-10-26(25-18(15)24-14)13-3-5-29(2,28)6-4-13/h7-10,13,27H,3-6H2,1-2H3. The molecule has 0 unspecified atom stereocenters. The van der Waals surface area contributed by atoms with Gasteiger partial charge in [-0.3, -0.25) is 4.68 Å². The Morgan fingerprint density at radius 1 is 1.24 bits per heavy atom. The lowest BCUT2D eigenvalue weighted by atomic mass is 10.0. The lowest BCUT2D eigenvalue weighted by Gasteiger charge is -2.26. The zero-order valence-electron chi connectivity index (χ0n) is 15.9. The molecular weight excluding hydrogens is 404 g/mol. The smallest absolute Gasteiger partial charge is 0.416 e. The average molecular weight is 424 g/mol. The summed E-state index contributed by atoms with van der Waals surface area (Å²) in [6, 6.07) is 1.79. The summed E-state index contributed by atoms with van der Waals surface area (Å²) >= 11 is 0. The van der Waals surface area contributed by atoms with Gasteiger partial charge in [-0.05, 0) is 44.1 Å². The van der Waals surface area contributed by atoms with Crippen molar-refractivity contribution in [1.29, 1.82) is 0 Å². The molecule has 0 aliphatic carbocycles. The zero-order valence-corrected chi connectivity index (χ0v) is 16.8. The number of aryl methyl sites for hydroxylation is 1. The van der Waals surface area contributed by atoms with Crippen molar-refractivity contribution in [2.45, 2.75) is 32.0 Å². The van der Waals surface area contributed by atoms with Crippen LogP contribution < -0.4 is 0 Å². The van der Waals surface area contributed by atoms with Gasteiger partial charge >= 0.3 is 6.18 Å². The highest BCUT2D eigenvalue weighted by molar-refractivity contribution is 7.63. The van der Waals surface area contributed by atoms with Gasteiger partial charge in [0.25, 0.3) is 0 Å².